The molecule has 0 radical (unpaired) electrons. The van der Waals surface area contributed by atoms with E-state index in [0.29, 0.717) is 22.9 Å². The third kappa shape index (κ3) is 4.39. The highest BCUT2D eigenvalue weighted by Crippen LogP contribution is 2.27. The van der Waals surface area contributed by atoms with Crippen molar-refractivity contribution in [2.45, 2.75) is 19.4 Å². The van der Waals surface area contributed by atoms with Crippen LogP contribution in [0.3, 0.4) is 0 Å². The van der Waals surface area contributed by atoms with Crippen molar-refractivity contribution < 1.29 is 9.18 Å². The summed E-state index contributed by atoms with van der Waals surface area (Å²) in [6.07, 6.45) is 5.50. The van der Waals surface area contributed by atoms with E-state index in [1.54, 1.807) is 41.1 Å². The molecule has 3 aromatic rings. The van der Waals surface area contributed by atoms with E-state index in [1.807, 2.05) is 6.07 Å². The molecule has 1 aliphatic rings. The first-order valence-corrected chi connectivity index (χ1v) is 10.4. The van der Waals surface area contributed by atoms with Crippen molar-refractivity contribution in [3.05, 3.63) is 65.2 Å². The summed E-state index contributed by atoms with van der Waals surface area (Å²) >= 11 is 1.29. The molecule has 0 aliphatic carbocycles. The van der Waals surface area contributed by atoms with Crippen molar-refractivity contribution in [2.24, 2.45) is 0 Å². The largest absolute Gasteiger partial charge is 0.347 e. The molecule has 0 saturated carbocycles. The highest BCUT2D eigenvalue weighted by molar-refractivity contribution is 7.19. The molecular weight excluding hydrogens is 403 g/mol. The number of carbonyl (C=O) groups is 1. The molecular formula is C21H19FN6OS. The van der Waals surface area contributed by atoms with Crippen molar-refractivity contribution in [3.63, 3.8) is 0 Å². The van der Waals surface area contributed by atoms with E-state index >= 15 is 0 Å². The molecule has 1 saturated heterocycles. The van der Waals surface area contributed by atoms with E-state index < -0.39 is 5.91 Å². The zero-order valence-electron chi connectivity index (χ0n) is 16.1. The van der Waals surface area contributed by atoms with Gasteiger partial charge >= 0.3 is 0 Å². The molecule has 152 valence electrons. The summed E-state index contributed by atoms with van der Waals surface area (Å²) in [6.45, 7) is 2.16. The van der Waals surface area contributed by atoms with Gasteiger partial charge in [-0.25, -0.2) is 4.39 Å². The fraction of sp³-hybridized carbons (Fsp3) is 0.238. The molecule has 1 N–H and O–H groups in total. The number of carbonyl (C=O) groups excluding carboxylic acids is 1. The van der Waals surface area contributed by atoms with Gasteiger partial charge in [-0.1, -0.05) is 29.5 Å². The lowest BCUT2D eigenvalue weighted by Crippen LogP contribution is -2.17. The van der Waals surface area contributed by atoms with Crippen molar-refractivity contribution in [1.29, 1.82) is 5.26 Å². The second-order valence-electron chi connectivity index (χ2n) is 6.86. The van der Waals surface area contributed by atoms with Gasteiger partial charge in [-0.05, 0) is 37.1 Å². The van der Waals surface area contributed by atoms with E-state index in [0.717, 1.165) is 31.1 Å². The molecule has 0 bridgehead atoms. The smallest absolute Gasteiger partial charge is 0.268 e. The van der Waals surface area contributed by atoms with E-state index in [2.05, 4.69) is 20.4 Å². The van der Waals surface area contributed by atoms with Crippen LogP contribution < -0.4 is 10.2 Å². The van der Waals surface area contributed by atoms with Gasteiger partial charge in [0.15, 0.2) is 0 Å². The molecule has 3 heterocycles. The fourth-order valence-corrected chi connectivity index (χ4v) is 4.07. The molecule has 2 aromatic heterocycles. The summed E-state index contributed by atoms with van der Waals surface area (Å²) in [7, 11) is 0. The predicted octanol–water partition coefficient (Wildman–Crippen LogP) is 3.67. The quantitative estimate of drug-likeness (QED) is 0.484. The molecule has 30 heavy (non-hydrogen) atoms. The maximum absolute atomic E-state index is 14.0. The van der Waals surface area contributed by atoms with E-state index in [-0.39, 0.29) is 11.4 Å². The predicted molar refractivity (Wildman–Crippen MR) is 114 cm³/mol. The number of halogens is 1. The third-order valence-electron chi connectivity index (χ3n) is 4.83. The van der Waals surface area contributed by atoms with Crippen LogP contribution in [0.2, 0.25) is 0 Å². The Hall–Kier alpha value is -3.51. The number of aromatic nitrogens is 3. The molecule has 0 unspecified atom stereocenters. The second kappa shape index (κ2) is 8.88. The van der Waals surface area contributed by atoms with Crippen LogP contribution in [-0.2, 0) is 11.3 Å². The number of rotatable bonds is 6. The first-order chi connectivity index (χ1) is 14.6. The Balaban J connectivity index is 1.49. The van der Waals surface area contributed by atoms with Crippen molar-refractivity contribution in [2.75, 3.05) is 23.3 Å². The molecule has 1 aliphatic heterocycles. The maximum atomic E-state index is 14.0. The number of hydrogen-bond acceptors (Lipinski definition) is 6. The Bertz CT molecular complexity index is 1120. The van der Waals surface area contributed by atoms with Gasteiger partial charge in [-0.15, -0.1) is 10.2 Å². The van der Waals surface area contributed by atoms with Crippen LogP contribution in [0.1, 0.15) is 24.1 Å². The van der Waals surface area contributed by atoms with Crippen LogP contribution in [0.5, 0.6) is 0 Å². The van der Waals surface area contributed by atoms with Gasteiger partial charge in [0.05, 0.1) is 6.54 Å². The van der Waals surface area contributed by atoms with Crippen molar-refractivity contribution >= 4 is 33.6 Å². The lowest BCUT2D eigenvalue weighted by atomic mass is 10.2. The first kappa shape index (κ1) is 19.8. The summed E-state index contributed by atoms with van der Waals surface area (Å²) in [5.74, 6) is -0.857. The zero-order chi connectivity index (χ0) is 20.9. The molecule has 4 rings (SSSR count). The van der Waals surface area contributed by atoms with Gasteiger partial charge in [-0.2, -0.15) is 5.26 Å². The highest BCUT2D eigenvalue weighted by atomic mass is 32.1. The average molecular weight is 422 g/mol. The molecule has 0 atom stereocenters. The van der Waals surface area contributed by atoms with Gasteiger partial charge < -0.3 is 9.47 Å². The molecule has 0 spiro atoms. The third-order valence-corrected chi connectivity index (χ3v) is 5.73. The number of nitrogens with zero attached hydrogens (tertiary/aromatic N) is 5. The summed E-state index contributed by atoms with van der Waals surface area (Å²) in [4.78, 5) is 14.7. The molecule has 1 aromatic carbocycles. The van der Waals surface area contributed by atoms with Crippen LogP contribution in [0.15, 0.2) is 48.2 Å². The lowest BCUT2D eigenvalue weighted by molar-refractivity contribution is -0.112. The zero-order valence-corrected chi connectivity index (χ0v) is 16.9. The van der Waals surface area contributed by atoms with Gasteiger partial charge in [-0.3, -0.25) is 10.1 Å². The summed E-state index contributed by atoms with van der Waals surface area (Å²) < 4.78 is 15.7. The Labute approximate surface area is 177 Å². The van der Waals surface area contributed by atoms with E-state index in [4.69, 9.17) is 0 Å². The molecule has 1 amide bonds. The second-order valence-corrected chi connectivity index (χ2v) is 7.82. The van der Waals surface area contributed by atoms with Crippen LogP contribution >= 0.6 is 11.3 Å². The number of hydrogen-bond donors (Lipinski definition) is 1. The number of benzene rings is 1. The minimum atomic E-state index is -0.555. The van der Waals surface area contributed by atoms with Crippen LogP contribution in [0, 0.1) is 17.1 Å². The topological polar surface area (TPSA) is 86.8 Å². The normalized spacial score (nSPS) is 14.0. The minimum absolute atomic E-state index is 0.0681. The number of anilines is 2. The van der Waals surface area contributed by atoms with E-state index in [1.165, 1.54) is 23.5 Å². The van der Waals surface area contributed by atoms with Gasteiger partial charge in [0, 0.05) is 30.5 Å². The first-order valence-electron chi connectivity index (χ1n) is 9.54. The number of nitrogens with one attached hydrogen (secondary N) is 1. The van der Waals surface area contributed by atoms with Crippen LogP contribution in [0.4, 0.5) is 14.7 Å². The standard InChI is InChI=1S/C21H19FN6OS/c22-18-8-2-1-6-15(18)14-28-11-5-7-17(28)12-16(13-23)19(29)24-20-25-26-21(30-20)27-9-3-4-10-27/h1-2,5-8,11-12H,3-4,9-10,14H2,(H,24,25,29)/b16-12-. The van der Waals surface area contributed by atoms with Gasteiger partial charge in [0.1, 0.15) is 17.5 Å². The van der Waals surface area contributed by atoms with Crippen LogP contribution in [0.25, 0.3) is 6.08 Å². The van der Waals surface area contributed by atoms with Crippen LogP contribution in [-0.4, -0.2) is 33.8 Å². The Morgan fingerprint density at radius 3 is 2.80 bits per heavy atom. The number of amides is 1. The van der Waals surface area contributed by atoms with Gasteiger partial charge in [0.25, 0.3) is 5.91 Å². The maximum Gasteiger partial charge on any atom is 0.268 e. The average Bonchev–Trinajstić information content (AvgIpc) is 3.50. The minimum Gasteiger partial charge on any atom is -0.347 e. The summed E-state index contributed by atoms with van der Waals surface area (Å²) in [5.41, 5.74) is 1.08. The Kier molecular flexibility index (Phi) is 5.86. The summed E-state index contributed by atoms with van der Waals surface area (Å²) in [5, 5.41) is 21.4. The lowest BCUT2D eigenvalue weighted by Gasteiger charge is -2.10. The van der Waals surface area contributed by atoms with Crippen molar-refractivity contribution in [1.82, 2.24) is 14.8 Å². The van der Waals surface area contributed by atoms with Crippen molar-refractivity contribution in [3.8, 4) is 6.07 Å². The molecule has 9 heteroatoms. The highest BCUT2D eigenvalue weighted by Gasteiger charge is 2.19. The number of nitriles is 1. The Morgan fingerprint density at radius 2 is 2.03 bits per heavy atom. The Morgan fingerprint density at radius 1 is 1.23 bits per heavy atom. The van der Waals surface area contributed by atoms with E-state index in [9.17, 15) is 14.4 Å². The molecule has 1 fully saturated rings. The summed E-state index contributed by atoms with van der Waals surface area (Å²) in [6, 6.07) is 12.0. The fourth-order valence-electron chi connectivity index (χ4n) is 3.28. The van der Waals surface area contributed by atoms with Gasteiger partial charge in [0.2, 0.25) is 10.3 Å². The molecule has 7 nitrogen and oxygen atoms in total. The monoisotopic (exact) mass is 422 g/mol. The SMILES string of the molecule is N#C/C(=C/c1cccn1Cc1ccccc1F)C(=O)Nc1nnc(N2CCCC2)s1.